The maximum Gasteiger partial charge on any atom is 0.272 e. The van der Waals surface area contributed by atoms with E-state index in [1.54, 1.807) is 24.0 Å². The first-order chi connectivity index (χ1) is 11.6. The zero-order chi connectivity index (χ0) is 16.9. The third-order valence-corrected chi connectivity index (χ3v) is 4.13. The van der Waals surface area contributed by atoms with Gasteiger partial charge in [0.1, 0.15) is 12.3 Å². The van der Waals surface area contributed by atoms with Crippen molar-refractivity contribution in [3.05, 3.63) is 35.8 Å². The third kappa shape index (κ3) is 3.88. The largest absolute Gasteiger partial charge is 0.475 e. The smallest absolute Gasteiger partial charge is 0.272 e. The number of piperazine rings is 1. The molecule has 0 N–H and O–H groups in total. The number of ether oxygens (including phenoxy) is 1. The highest BCUT2D eigenvalue weighted by Crippen LogP contribution is 2.09. The van der Waals surface area contributed by atoms with Crippen molar-refractivity contribution in [2.45, 2.75) is 6.92 Å². The Bertz CT molecular complexity index is 676. The monoisotopic (exact) mass is 330 g/mol. The lowest BCUT2D eigenvalue weighted by Gasteiger charge is -2.34. The van der Waals surface area contributed by atoms with Crippen LogP contribution in [0.25, 0.3) is 0 Å². The van der Waals surface area contributed by atoms with Gasteiger partial charge in [-0.25, -0.2) is 0 Å². The van der Waals surface area contributed by atoms with E-state index in [4.69, 9.17) is 4.74 Å². The molecule has 1 saturated heterocycles. The highest BCUT2D eigenvalue weighted by molar-refractivity contribution is 5.92. The molecule has 128 valence electrons. The summed E-state index contributed by atoms with van der Waals surface area (Å²) < 4.78 is 7.22. The first-order valence-electron chi connectivity index (χ1n) is 8.06. The Hall–Kier alpha value is -2.48. The van der Waals surface area contributed by atoms with Crippen LogP contribution in [0.1, 0.15) is 16.2 Å². The predicted molar refractivity (Wildman–Crippen MR) is 87.8 cm³/mol. The quantitative estimate of drug-likeness (QED) is 0.788. The first kappa shape index (κ1) is 16.4. The van der Waals surface area contributed by atoms with Gasteiger partial charge in [0, 0.05) is 52.0 Å². The van der Waals surface area contributed by atoms with Crippen LogP contribution in [0.15, 0.2) is 24.4 Å². The minimum Gasteiger partial charge on any atom is -0.475 e. The van der Waals surface area contributed by atoms with Crippen molar-refractivity contribution in [1.29, 1.82) is 0 Å². The number of carbonyl (C=O) groups is 1. The molecule has 0 aliphatic carbocycles. The summed E-state index contributed by atoms with van der Waals surface area (Å²) in [7, 11) is 1.79. The van der Waals surface area contributed by atoms with Gasteiger partial charge in [-0.3, -0.25) is 14.4 Å². The summed E-state index contributed by atoms with van der Waals surface area (Å²) in [5.41, 5.74) is 1.50. The molecule has 3 heterocycles. The van der Waals surface area contributed by atoms with E-state index in [0.717, 1.165) is 25.3 Å². The van der Waals surface area contributed by atoms with E-state index in [9.17, 15) is 4.79 Å². The van der Waals surface area contributed by atoms with Gasteiger partial charge < -0.3 is 9.64 Å². The number of aromatic nitrogens is 4. The number of aryl methyl sites for hydroxylation is 2. The topological polar surface area (TPSA) is 76.4 Å². The SMILES string of the molecule is Cc1ccc(OCCN2CCN(C(=O)c3ccnn3C)CC2)nn1. The van der Waals surface area contributed by atoms with Gasteiger partial charge in [-0.1, -0.05) is 0 Å². The maximum atomic E-state index is 12.4. The zero-order valence-electron chi connectivity index (χ0n) is 14.1. The van der Waals surface area contributed by atoms with Crippen LogP contribution in [-0.4, -0.2) is 75.0 Å². The Morgan fingerprint density at radius 1 is 1.17 bits per heavy atom. The molecule has 0 saturated carbocycles. The molecule has 0 aromatic carbocycles. The zero-order valence-corrected chi connectivity index (χ0v) is 14.1. The van der Waals surface area contributed by atoms with Crippen LogP contribution in [0.5, 0.6) is 5.88 Å². The highest BCUT2D eigenvalue weighted by Gasteiger charge is 2.23. The van der Waals surface area contributed by atoms with Gasteiger partial charge in [-0.2, -0.15) is 10.2 Å². The van der Waals surface area contributed by atoms with Crippen LogP contribution in [0.3, 0.4) is 0 Å². The normalized spacial score (nSPS) is 15.5. The van der Waals surface area contributed by atoms with Crippen molar-refractivity contribution in [2.75, 3.05) is 39.3 Å². The van der Waals surface area contributed by atoms with Gasteiger partial charge >= 0.3 is 0 Å². The number of carbonyl (C=O) groups excluding carboxylic acids is 1. The van der Waals surface area contributed by atoms with Crippen LogP contribution >= 0.6 is 0 Å². The van der Waals surface area contributed by atoms with Crippen molar-refractivity contribution in [2.24, 2.45) is 7.05 Å². The second-order valence-corrected chi connectivity index (χ2v) is 5.84. The van der Waals surface area contributed by atoms with Gasteiger partial charge in [-0.15, -0.1) is 5.10 Å². The molecule has 1 aliphatic heterocycles. The minimum atomic E-state index is 0.0424. The summed E-state index contributed by atoms with van der Waals surface area (Å²) in [5, 5.41) is 12.0. The highest BCUT2D eigenvalue weighted by atomic mass is 16.5. The Morgan fingerprint density at radius 3 is 2.58 bits per heavy atom. The number of amides is 1. The molecule has 2 aromatic rings. The first-order valence-corrected chi connectivity index (χ1v) is 8.06. The number of hydrogen-bond donors (Lipinski definition) is 0. The van der Waals surface area contributed by atoms with E-state index < -0.39 is 0 Å². The van der Waals surface area contributed by atoms with Crippen molar-refractivity contribution < 1.29 is 9.53 Å². The Balaban J connectivity index is 1.41. The fraction of sp³-hybridized carbons (Fsp3) is 0.500. The van der Waals surface area contributed by atoms with Crippen molar-refractivity contribution in [3.8, 4) is 5.88 Å². The number of nitrogens with zero attached hydrogens (tertiary/aromatic N) is 6. The van der Waals surface area contributed by atoms with E-state index in [1.807, 2.05) is 24.0 Å². The molecule has 8 nitrogen and oxygen atoms in total. The molecule has 1 amide bonds. The molecular weight excluding hydrogens is 308 g/mol. The predicted octanol–water partition coefficient (Wildman–Crippen LogP) is 0.355. The summed E-state index contributed by atoms with van der Waals surface area (Å²) in [6.07, 6.45) is 1.65. The lowest BCUT2D eigenvalue weighted by atomic mass is 10.2. The summed E-state index contributed by atoms with van der Waals surface area (Å²) in [6.45, 7) is 6.38. The molecule has 0 radical (unpaired) electrons. The molecule has 0 spiro atoms. The Kier molecular flexibility index (Phi) is 5.05. The van der Waals surface area contributed by atoms with Crippen molar-refractivity contribution in [1.82, 2.24) is 29.8 Å². The van der Waals surface area contributed by atoms with E-state index in [-0.39, 0.29) is 5.91 Å². The number of hydrogen-bond acceptors (Lipinski definition) is 6. The van der Waals surface area contributed by atoms with E-state index >= 15 is 0 Å². The standard InChI is InChI=1S/C16H22N6O2/c1-13-3-4-15(19-18-13)24-12-11-21-7-9-22(10-8-21)16(23)14-5-6-17-20(14)2/h3-6H,7-12H2,1-2H3. The van der Waals surface area contributed by atoms with Crippen LogP contribution in [0, 0.1) is 6.92 Å². The van der Waals surface area contributed by atoms with E-state index in [2.05, 4.69) is 20.2 Å². The number of rotatable bonds is 5. The molecule has 2 aromatic heterocycles. The lowest BCUT2D eigenvalue weighted by molar-refractivity contribution is 0.0608. The summed E-state index contributed by atoms with van der Waals surface area (Å²) >= 11 is 0. The fourth-order valence-electron chi connectivity index (χ4n) is 2.66. The average Bonchev–Trinajstić information content (AvgIpc) is 3.03. The molecule has 0 atom stereocenters. The van der Waals surface area contributed by atoms with Crippen molar-refractivity contribution in [3.63, 3.8) is 0 Å². The van der Waals surface area contributed by atoms with Gasteiger partial charge in [0.15, 0.2) is 0 Å². The molecule has 1 fully saturated rings. The maximum absolute atomic E-state index is 12.4. The second kappa shape index (κ2) is 7.39. The van der Waals surface area contributed by atoms with Gasteiger partial charge in [0.2, 0.25) is 5.88 Å². The third-order valence-electron chi connectivity index (χ3n) is 4.13. The summed E-state index contributed by atoms with van der Waals surface area (Å²) in [6, 6.07) is 5.46. The minimum absolute atomic E-state index is 0.0424. The fourth-order valence-corrected chi connectivity index (χ4v) is 2.66. The summed E-state index contributed by atoms with van der Waals surface area (Å²) in [4.78, 5) is 16.6. The Morgan fingerprint density at radius 2 is 1.96 bits per heavy atom. The van der Waals surface area contributed by atoms with Crippen LogP contribution in [0.2, 0.25) is 0 Å². The van der Waals surface area contributed by atoms with E-state index in [1.165, 1.54) is 0 Å². The molecule has 1 aliphatic rings. The van der Waals surface area contributed by atoms with E-state index in [0.29, 0.717) is 31.3 Å². The second-order valence-electron chi connectivity index (χ2n) is 5.84. The molecule has 0 bridgehead atoms. The molecule has 8 heteroatoms. The average molecular weight is 330 g/mol. The summed E-state index contributed by atoms with van der Waals surface area (Å²) in [5.74, 6) is 0.589. The molecule has 3 rings (SSSR count). The van der Waals surface area contributed by atoms with Crippen LogP contribution in [-0.2, 0) is 7.05 Å². The van der Waals surface area contributed by atoms with Gasteiger partial charge in [-0.05, 0) is 19.1 Å². The van der Waals surface area contributed by atoms with Crippen LogP contribution < -0.4 is 4.74 Å². The van der Waals surface area contributed by atoms with Crippen molar-refractivity contribution >= 4 is 5.91 Å². The van der Waals surface area contributed by atoms with Gasteiger partial charge in [0.25, 0.3) is 5.91 Å². The molecule has 24 heavy (non-hydrogen) atoms. The molecular formula is C16H22N6O2. The molecule has 0 unspecified atom stereocenters. The lowest BCUT2D eigenvalue weighted by Crippen LogP contribution is -2.49. The van der Waals surface area contributed by atoms with Crippen LogP contribution in [0.4, 0.5) is 0 Å². The van der Waals surface area contributed by atoms with Gasteiger partial charge in [0.05, 0.1) is 5.69 Å². The Labute approximate surface area is 141 Å².